The van der Waals surface area contributed by atoms with Gasteiger partial charge in [-0.2, -0.15) is 0 Å². The number of H-pyrrole nitrogens is 1. The van der Waals surface area contributed by atoms with Crippen molar-refractivity contribution in [2.24, 2.45) is 0 Å². The molecule has 1 aromatic heterocycles. The lowest BCUT2D eigenvalue weighted by Gasteiger charge is -2.11. The summed E-state index contributed by atoms with van der Waals surface area (Å²) in [6.07, 6.45) is 1.26. The second-order valence-corrected chi connectivity index (χ2v) is 5.34. The number of ether oxygens (including phenoxy) is 2. The van der Waals surface area contributed by atoms with Gasteiger partial charge >= 0.3 is 5.69 Å². The van der Waals surface area contributed by atoms with E-state index in [0.29, 0.717) is 17.2 Å². The highest BCUT2D eigenvalue weighted by atomic mass is 79.9. The number of hydrogen-bond acceptors (Lipinski definition) is 5. The van der Waals surface area contributed by atoms with Crippen LogP contribution in [0.5, 0.6) is 11.5 Å². The van der Waals surface area contributed by atoms with E-state index in [2.05, 4.69) is 26.2 Å². The lowest BCUT2D eigenvalue weighted by atomic mass is 10.2. The molecule has 0 bridgehead atoms. The summed E-state index contributed by atoms with van der Waals surface area (Å²) in [5.41, 5.74) is -0.726. The molecule has 2 rings (SSSR count). The molecule has 0 aliphatic carbocycles. The monoisotopic (exact) mass is 383 g/mol. The number of halogens is 1. The van der Waals surface area contributed by atoms with E-state index in [1.165, 1.54) is 20.4 Å². The zero-order valence-corrected chi connectivity index (χ0v) is 14.0. The normalized spacial score (nSPS) is 10.2. The summed E-state index contributed by atoms with van der Waals surface area (Å²) in [5, 5.41) is 2.64. The number of benzene rings is 1. The maximum absolute atomic E-state index is 12.0. The summed E-state index contributed by atoms with van der Waals surface area (Å²) in [5.74, 6) is 0.568. The molecule has 0 spiro atoms. The first-order valence-corrected chi connectivity index (χ1v) is 7.25. The van der Waals surface area contributed by atoms with E-state index in [9.17, 15) is 14.4 Å². The summed E-state index contributed by atoms with van der Waals surface area (Å²) in [4.78, 5) is 37.0. The SMILES string of the molecule is COc1ccc(NC(=O)Cn2cc(Br)c(=O)[nH]c2=O)cc1OC. The third-order valence-electron chi connectivity index (χ3n) is 2.95. The van der Waals surface area contributed by atoms with Crippen molar-refractivity contribution in [1.82, 2.24) is 9.55 Å². The van der Waals surface area contributed by atoms with Crippen molar-refractivity contribution >= 4 is 27.5 Å². The van der Waals surface area contributed by atoms with Gasteiger partial charge in [0.15, 0.2) is 11.5 Å². The van der Waals surface area contributed by atoms with Crippen LogP contribution in [0.3, 0.4) is 0 Å². The van der Waals surface area contributed by atoms with E-state index >= 15 is 0 Å². The molecule has 122 valence electrons. The number of hydrogen-bond donors (Lipinski definition) is 2. The Labute approximate surface area is 139 Å². The third kappa shape index (κ3) is 4.01. The summed E-state index contributed by atoms with van der Waals surface area (Å²) in [6.45, 7) is -0.247. The Balaban J connectivity index is 2.15. The Morgan fingerprint density at radius 3 is 2.61 bits per heavy atom. The van der Waals surface area contributed by atoms with Crippen molar-refractivity contribution in [3.05, 3.63) is 49.7 Å². The minimum absolute atomic E-state index is 0.163. The minimum atomic E-state index is -0.666. The molecule has 2 aromatic rings. The van der Waals surface area contributed by atoms with E-state index in [4.69, 9.17) is 9.47 Å². The molecule has 9 heteroatoms. The summed E-state index contributed by atoms with van der Waals surface area (Å²) >= 11 is 3.01. The molecule has 1 aromatic carbocycles. The van der Waals surface area contributed by atoms with Crippen molar-refractivity contribution < 1.29 is 14.3 Å². The fraction of sp³-hybridized carbons (Fsp3) is 0.214. The van der Waals surface area contributed by atoms with E-state index < -0.39 is 17.2 Å². The fourth-order valence-electron chi connectivity index (χ4n) is 1.87. The second kappa shape index (κ2) is 7.14. The first-order valence-electron chi connectivity index (χ1n) is 6.45. The topological polar surface area (TPSA) is 102 Å². The number of anilines is 1. The van der Waals surface area contributed by atoms with E-state index in [0.717, 1.165) is 4.57 Å². The van der Waals surface area contributed by atoms with Crippen LogP contribution in [0.1, 0.15) is 0 Å². The Bertz CT molecular complexity index is 843. The van der Waals surface area contributed by atoms with Crippen LogP contribution in [0.25, 0.3) is 0 Å². The Morgan fingerprint density at radius 1 is 1.26 bits per heavy atom. The molecule has 0 radical (unpaired) electrons. The number of carbonyl (C=O) groups excluding carboxylic acids is 1. The van der Waals surface area contributed by atoms with Gasteiger partial charge in [-0.3, -0.25) is 19.1 Å². The van der Waals surface area contributed by atoms with Crippen LogP contribution in [0, 0.1) is 0 Å². The molecule has 0 atom stereocenters. The van der Waals surface area contributed by atoms with Gasteiger partial charge in [-0.05, 0) is 28.1 Å². The molecule has 8 nitrogen and oxygen atoms in total. The number of aromatic nitrogens is 2. The van der Waals surface area contributed by atoms with Gasteiger partial charge in [0.2, 0.25) is 5.91 Å². The van der Waals surface area contributed by atoms with Crippen LogP contribution in [0.2, 0.25) is 0 Å². The summed E-state index contributed by atoms with van der Waals surface area (Å²) in [7, 11) is 3.00. The minimum Gasteiger partial charge on any atom is -0.493 e. The van der Waals surface area contributed by atoms with Gasteiger partial charge in [0.05, 0.1) is 18.7 Å². The standard InChI is InChI=1S/C14H14BrN3O5/c1-22-10-4-3-8(5-11(10)23-2)16-12(19)7-18-6-9(15)13(20)17-14(18)21/h3-6H,7H2,1-2H3,(H,16,19)(H,17,20,21). The molecule has 0 saturated heterocycles. The molecular weight excluding hydrogens is 370 g/mol. The summed E-state index contributed by atoms with van der Waals surface area (Å²) < 4.78 is 11.5. The smallest absolute Gasteiger partial charge is 0.328 e. The highest BCUT2D eigenvalue weighted by Crippen LogP contribution is 2.29. The highest BCUT2D eigenvalue weighted by molar-refractivity contribution is 9.10. The number of aromatic amines is 1. The number of nitrogens with zero attached hydrogens (tertiary/aromatic N) is 1. The van der Waals surface area contributed by atoms with Crippen molar-refractivity contribution in [3.8, 4) is 11.5 Å². The Hall–Kier alpha value is -2.55. The zero-order valence-electron chi connectivity index (χ0n) is 12.4. The van der Waals surface area contributed by atoms with Gasteiger partial charge in [0, 0.05) is 18.0 Å². The number of nitrogens with one attached hydrogen (secondary N) is 2. The first kappa shape index (κ1) is 16.8. The Morgan fingerprint density at radius 2 is 1.96 bits per heavy atom. The van der Waals surface area contributed by atoms with E-state index in [1.807, 2.05) is 0 Å². The maximum atomic E-state index is 12.0. The number of amides is 1. The predicted octanol–water partition coefficient (Wildman–Crippen LogP) is 0.955. The van der Waals surface area contributed by atoms with Gasteiger partial charge in [-0.25, -0.2) is 4.79 Å². The lowest BCUT2D eigenvalue weighted by molar-refractivity contribution is -0.116. The fourth-order valence-corrected chi connectivity index (χ4v) is 2.22. The predicted molar refractivity (Wildman–Crippen MR) is 87.2 cm³/mol. The van der Waals surface area contributed by atoms with Crippen molar-refractivity contribution in [3.63, 3.8) is 0 Å². The lowest BCUT2D eigenvalue weighted by Crippen LogP contribution is -2.33. The number of rotatable bonds is 5. The second-order valence-electron chi connectivity index (χ2n) is 4.48. The Kier molecular flexibility index (Phi) is 5.22. The van der Waals surface area contributed by atoms with Crippen LogP contribution in [0.15, 0.2) is 38.5 Å². The van der Waals surface area contributed by atoms with Crippen LogP contribution < -0.4 is 26.0 Å². The molecule has 1 amide bonds. The van der Waals surface area contributed by atoms with Gasteiger partial charge in [-0.15, -0.1) is 0 Å². The molecule has 0 aliphatic rings. The summed E-state index contributed by atoms with van der Waals surface area (Å²) in [6, 6.07) is 4.89. The molecule has 0 saturated carbocycles. The molecule has 0 fully saturated rings. The average molecular weight is 384 g/mol. The molecular formula is C14H14BrN3O5. The van der Waals surface area contributed by atoms with Crippen molar-refractivity contribution in [1.29, 1.82) is 0 Å². The van der Waals surface area contributed by atoms with Gasteiger partial charge < -0.3 is 14.8 Å². The van der Waals surface area contributed by atoms with Crippen molar-refractivity contribution in [2.45, 2.75) is 6.54 Å². The largest absolute Gasteiger partial charge is 0.493 e. The molecule has 0 unspecified atom stereocenters. The maximum Gasteiger partial charge on any atom is 0.328 e. The van der Waals surface area contributed by atoms with Gasteiger partial charge in [0.25, 0.3) is 5.56 Å². The number of carbonyl (C=O) groups is 1. The highest BCUT2D eigenvalue weighted by Gasteiger charge is 2.10. The molecule has 23 heavy (non-hydrogen) atoms. The van der Waals surface area contributed by atoms with Crippen molar-refractivity contribution in [2.75, 3.05) is 19.5 Å². The quantitative estimate of drug-likeness (QED) is 0.800. The molecule has 1 heterocycles. The zero-order chi connectivity index (χ0) is 17.0. The van der Waals surface area contributed by atoms with Crippen LogP contribution in [0.4, 0.5) is 5.69 Å². The average Bonchev–Trinajstić information content (AvgIpc) is 2.52. The van der Waals surface area contributed by atoms with Crippen LogP contribution >= 0.6 is 15.9 Å². The van der Waals surface area contributed by atoms with E-state index in [-0.39, 0.29) is 11.0 Å². The number of methoxy groups -OCH3 is 2. The van der Waals surface area contributed by atoms with E-state index in [1.54, 1.807) is 18.2 Å². The van der Waals surface area contributed by atoms with Crippen LogP contribution in [-0.2, 0) is 11.3 Å². The van der Waals surface area contributed by atoms with Crippen LogP contribution in [-0.4, -0.2) is 29.7 Å². The first-order chi connectivity index (χ1) is 10.9. The van der Waals surface area contributed by atoms with Gasteiger partial charge in [0.1, 0.15) is 6.54 Å². The third-order valence-corrected chi connectivity index (χ3v) is 3.51. The molecule has 0 aliphatic heterocycles. The molecule has 2 N–H and O–H groups in total. The van der Waals surface area contributed by atoms with Gasteiger partial charge in [-0.1, -0.05) is 0 Å².